The van der Waals surface area contributed by atoms with Crippen LogP contribution in [0.4, 0.5) is 11.9 Å². The van der Waals surface area contributed by atoms with Crippen LogP contribution in [0.2, 0.25) is 0 Å². The second-order valence-corrected chi connectivity index (χ2v) is 5.43. The van der Waals surface area contributed by atoms with E-state index in [0.29, 0.717) is 17.8 Å². The summed E-state index contributed by atoms with van der Waals surface area (Å²) in [5.74, 6) is 1.46. The molecule has 0 aromatic carbocycles. The molecule has 0 aliphatic heterocycles. The molecule has 1 aromatic heterocycles. The Labute approximate surface area is 108 Å². The van der Waals surface area contributed by atoms with Crippen LogP contribution in [0.15, 0.2) is 0 Å². The van der Waals surface area contributed by atoms with Crippen LogP contribution in [0.3, 0.4) is 0 Å². The molecule has 0 radical (unpaired) electrons. The number of aliphatic hydroxyl groups is 1. The van der Waals surface area contributed by atoms with Gasteiger partial charge in [-0.25, -0.2) is 4.68 Å². The van der Waals surface area contributed by atoms with E-state index in [1.54, 1.807) is 4.68 Å². The molecule has 0 bridgehead atoms. The van der Waals surface area contributed by atoms with E-state index in [2.05, 4.69) is 29.2 Å². The van der Waals surface area contributed by atoms with Crippen LogP contribution < -0.4 is 11.1 Å². The molecule has 4 N–H and O–H groups in total. The zero-order valence-electron chi connectivity index (χ0n) is 11.1. The second kappa shape index (κ2) is 5.56. The molecule has 0 saturated heterocycles. The van der Waals surface area contributed by atoms with Gasteiger partial charge in [0, 0.05) is 6.54 Å². The van der Waals surface area contributed by atoms with Gasteiger partial charge >= 0.3 is 0 Å². The highest BCUT2D eigenvalue weighted by Gasteiger charge is 2.27. The molecule has 102 valence electrons. The number of aliphatic hydroxyl groups excluding tert-OH is 1. The van der Waals surface area contributed by atoms with Crippen LogP contribution in [-0.4, -0.2) is 32.5 Å². The molecule has 1 heterocycles. The minimum absolute atomic E-state index is 0.0270. The first-order valence-electron chi connectivity index (χ1n) is 6.72. The summed E-state index contributed by atoms with van der Waals surface area (Å²) in [6.07, 6.45) is 3.55. The van der Waals surface area contributed by atoms with Gasteiger partial charge in [-0.1, -0.05) is 26.7 Å². The molecule has 1 fully saturated rings. The lowest BCUT2D eigenvalue weighted by molar-refractivity contribution is 0.0706. The average Bonchev–Trinajstić information content (AvgIpc) is 2.69. The maximum atomic E-state index is 10.0. The smallest absolute Gasteiger partial charge is 0.243 e. The quantitative estimate of drug-likeness (QED) is 0.755. The van der Waals surface area contributed by atoms with E-state index in [1.165, 1.54) is 0 Å². The van der Waals surface area contributed by atoms with Gasteiger partial charge in [-0.2, -0.15) is 4.98 Å². The fourth-order valence-corrected chi connectivity index (χ4v) is 2.33. The standard InChI is InChI=1S/C12H23N5O/c1-8(2)7-14-12-15-11(13)17(16-12)9-5-3-4-6-10(9)18/h8-10,18H,3-7H2,1-2H3,(H3,13,14,15,16). The zero-order chi connectivity index (χ0) is 13.1. The molecule has 1 aliphatic carbocycles. The maximum Gasteiger partial charge on any atom is 0.243 e. The Hall–Kier alpha value is -1.30. The van der Waals surface area contributed by atoms with Gasteiger partial charge in [-0.3, -0.25) is 0 Å². The van der Waals surface area contributed by atoms with Crippen LogP contribution >= 0.6 is 0 Å². The van der Waals surface area contributed by atoms with E-state index in [4.69, 9.17) is 5.73 Å². The first-order chi connectivity index (χ1) is 8.58. The second-order valence-electron chi connectivity index (χ2n) is 5.43. The highest BCUT2D eigenvalue weighted by molar-refractivity contribution is 5.32. The molecule has 1 aromatic rings. The molecule has 2 rings (SSSR count). The molecule has 1 aliphatic rings. The Morgan fingerprint density at radius 2 is 2.17 bits per heavy atom. The lowest BCUT2D eigenvalue weighted by Crippen LogP contribution is -2.29. The lowest BCUT2D eigenvalue weighted by atomic mass is 9.93. The molecule has 0 spiro atoms. The van der Waals surface area contributed by atoms with Gasteiger partial charge < -0.3 is 16.2 Å². The Balaban J connectivity index is 2.08. The van der Waals surface area contributed by atoms with Crippen molar-refractivity contribution in [2.75, 3.05) is 17.6 Å². The van der Waals surface area contributed by atoms with Crippen LogP contribution in [0, 0.1) is 5.92 Å². The molecule has 1 saturated carbocycles. The number of anilines is 2. The molecular weight excluding hydrogens is 230 g/mol. The van der Waals surface area contributed by atoms with Gasteiger partial charge in [0.2, 0.25) is 11.9 Å². The number of hydrogen-bond acceptors (Lipinski definition) is 5. The highest BCUT2D eigenvalue weighted by atomic mass is 16.3. The van der Waals surface area contributed by atoms with Crippen molar-refractivity contribution >= 4 is 11.9 Å². The topological polar surface area (TPSA) is 89.0 Å². The SMILES string of the molecule is CC(C)CNc1nc(N)n(C2CCCCC2O)n1. The summed E-state index contributed by atoms with van der Waals surface area (Å²) in [5.41, 5.74) is 5.88. The van der Waals surface area contributed by atoms with Gasteiger partial charge in [0.15, 0.2) is 0 Å². The fourth-order valence-electron chi connectivity index (χ4n) is 2.33. The van der Waals surface area contributed by atoms with Gasteiger partial charge in [0.1, 0.15) is 0 Å². The van der Waals surface area contributed by atoms with Crippen molar-refractivity contribution in [1.29, 1.82) is 0 Å². The normalized spacial score (nSPS) is 24.4. The van der Waals surface area contributed by atoms with Gasteiger partial charge in [-0.05, 0) is 18.8 Å². The van der Waals surface area contributed by atoms with E-state index < -0.39 is 0 Å². The third kappa shape index (κ3) is 2.93. The molecule has 6 nitrogen and oxygen atoms in total. The van der Waals surface area contributed by atoms with Crippen molar-refractivity contribution in [1.82, 2.24) is 14.8 Å². The van der Waals surface area contributed by atoms with E-state index >= 15 is 0 Å². The number of nitrogens with two attached hydrogens (primary N) is 1. The summed E-state index contributed by atoms with van der Waals surface area (Å²) >= 11 is 0. The van der Waals surface area contributed by atoms with Crippen LogP contribution in [0.5, 0.6) is 0 Å². The number of nitrogen functional groups attached to an aromatic ring is 1. The molecule has 0 amide bonds. The van der Waals surface area contributed by atoms with E-state index in [9.17, 15) is 5.11 Å². The van der Waals surface area contributed by atoms with Crippen molar-refractivity contribution in [2.24, 2.45) is 5.92 Å². The number of hydrogen-bond donors (Lipinski definition) is 3. The van der Waals surface area contributed by atoms with Gasteiger partial charge in [0.05, 0.1) is 12.1 Å². The number of rotatable bonds is 4. The van der Waals surface area contributed by atoms with Crippen LogP contribution in [-0.2, 0) is 0 Å². The third-order valence-corrected chi connectivity index (χ3v) is 3.33. The minimum atomic E-state index is -0.360. The average molecular weight is 253 g/mol. The maximum absolute atomic E-state index is 10.0. The number of aromatic nitrogens is 3. The molecule has 6 heteroatoms. The Bertz CT molecular complexity index is 390. The zero-order valence-corrected chi connectivity index (χ0v) is 11.1. The number of nitrogens with zero attached hydrogens (tertiary/aromatic N) is 3. The van der Waals surface area contributed by atoms with Gasteiger partial charge in [-0.15, -0.1) is 5.10 Å². The monoisotopic (exact) mass is 253 g/mol. The van der Waals surface area contributed by atoms with Crippen molar-refractivity contribution in [3.63, 3.8) is 0 Å². The summed E-state index contributed by atoms with van der Waals surface area (Å²) in [6, 6.07) is -0.0270. The van der Waals surface area contributed by atoms with Crippen molar-refractivity contribution in [3.8, 4) is 0 Å². The molecule has 18 heavy (non-hydrogen) atoms. The van der Waals surface area contributed by atoms with Crippen molar-refractivity contribution in [2.45, 2.75) is 51.7 Å². The fraction of sp³-hybridized carbons (Fsp3) is 0.833. The summed E-state index contributed by atoms with van der Waals surface area (Å²) in [7, 11) is 0. The Morgan fingerprint density at radius 1 is 1.44 bits per heavy atom. The first kappa shape index (κ1) is 13.1. The minimum Gasteiger partial charge on any atom is -0.391 e. The molecule has 2 atom stereocenters. The molecule has 2 unspecified atom stereocenters. The summed E-state index contributed by atoms with van der Waals surface area (Å²) in [5, 5.41) is 17.5. The summed E-state index contributed by atoms with van der Waals surface area (Å²) in [6.45, 7) is 5.06. The lowest BCUT2D eigenvalue weighted by Gasteiger charge is -2.27. The highest BCUT2D eigenvalue weighted by Crippen LogP contribution is 2.29. The van der Waals surface area contributed by atoms with E-state index in [-0.39, 0.29) is 12.1 Å². The Morgan fingerprint density at radius 3 is 2.83 bits per heavy atom. The largest absolute Gasteiger partial charge is 0.391 e. The summed E-state index contributed by atoms with van der Waals surface area (Å²) in [4.78, 5) is 4.20. The van der Waals surface area contributed by atoms with Crippen molar-refractivity contribution in [3.05, 3.63) is 0 Å². The Kier molecular flexibility index (Phi) is 4.06. The van der Waals surface area contributed by atoms with E-state index in [0.717, 1.165) is 32.2 Å². The predicted octanol–water partition coefficient (Wildman–Crippen LogP) is 1.40. The van der Waals surface area contributed by atoms with E-state index in [1.807, 2.05) is 0 Å². The third-order valence-electron chi connectivity index (χ3n) is 3.33. The summed E-state index contributed by atoms with van der Waals surface area (Å²) < 4.78 is 1.67. The first-order valence-corrected chi connectivity index (χ1v) is 6.72. The molecular formula is C12H23N5O. The van der Waals surface area contributed by atoms with Crippen LogP contribution in [0.1, 0.15) is 45.6 Å². The number of nitrogens with one attached hydrogen (secondary N) is 1. The van der Waals surface area contributed by atoms with Crippen molar-refractivity contribution < 1.29 is 5.11 Å². The van der Waals surface area contributed by atoms with Gasteiger partial charge in [0.25, 0.3) is 0 Å². The predicted molar refractivity (Wildman–Crippen MR) is 71.3 cm³/mol. The van der Waals surface area contributed by atoms with Crippen LogP contribution in [0.25, 0.3) is 0 Å².